The Morgan fingerprint density at radius 2 is 2.13 bits per heavy atom. The standard InChI is InChI=1S/C15H19N7S/c1-21-9-11(8-16-21)6-7-14-18-19-20-22(14)10-15-17-12-4-2-3-5-13(12)23-15/h8-9H,2-7,10H2,1H3. The van der Waals surface area contributed by atoms with Gasteiger partial charge in [-0.25, -0.2) is 9.67 Å². The average molecular weight is 329 g/mol. The fourth-order valence-electron chi connectivity index (χ4n) is 2.98. The van der Waals surface area contributed by atoms with Gasteiger partial charge in [0.2, 0.25) is 0 Å². The van der Waals surface area contributed by atoms with Gasteiger partial charge in [-0.1, -0.05) is 0 Å². The van der Waals surface area contributed by atoms with E-state index in [-0.39, 0.29) is 0 Å². The second-order valence-corrected chi connectivity index (χ2v) is 7.13. The van der Waals surface area contributed by atoms with Gasteiger partial charge in [-0.3, -0.25) is 4.68 Å². The Morgan fingerprint density at radius 3 is 2.96 bits per heavy atom. The van der Waals surface area contributed by atoms with Crippen molar-refractivity contribution < 1.29 is 0 Å². The first-order valence-electron chi connectivity index (χ1n) is 7.98. The summed E-state index contributed by atoms with van der Waals surface area (Å²) < 4.78 is 3.69. The zero-order chi connectivity index (χ0) is 15.6. The Bertz CT molecular complexity index is 777. The first-order valence-corrected chi connectivity index (χ1v) is 8.79. The van der Waals surface area contributed by atoms with Crippen molar-refractivity contribution >= 4 is 11.3 Å². The molecule has 0 amide bonds. The zero-order valence-electron chi connectivity index (χ0n) is 13.1. The maximum atomic E-state index is 4.78. The summed E-state index contributed by atoms with van der Waals surface area (Å²) in [4.78, 5) is 6.23. The average Bonchev–Trinajstić information content (AvgIpc) is 3.25. The molecule has 3 aromatic rings. The third-order valence-electron chi connectivity index (χ3n) is 4.18. The quantitative estimate of drug-likeness (QED) is 0.710. The van der Waals surface area contributed by atoms with Crippen LogP contribution in [0.4, 0.5) is 0 Å². The van der Waals surface area contributed by atoms with Crippen LogP contribution in [0.5, 0.6) is 0 Å². The summed E-state index contributed by atoms with van der Waals surface area (Å²) in [5, 5.41) is 17.5. The Balaban J connectivity index is 1.45. The highest BCUT2D eigenvalue weighted by molar-refractivity contribution is 7.11. The largest absolute Gasteiger partial charge is 0.276 e. The van der Waals surface area contributed by atoms with Crippen LogP contribution < -0.4 is 0 Å². The van der Waals surface area contributed by atoms with Crippen molar-refractivity contribution in [3.05, 3.63) is 39.4 Å². The molecule has 0 N–H and O–H groups in total. The number of tetrazole rings is 1. The molecule has 0 aliphatic heterocycles. The summed E-state index contributed by atoms with van der Waals surface area (Å²) in [6.07, 6.45) is 10.5. The maximum Gasteiger partial charge on any atom is 0.152 e. The van der Waals surface area contributed by atoms with Crippen LogP contribution in [0.3, 0.4) is 0 Å². The van der Waals surface area contributed by atoms with Crippen LogP contribution in [0.15, 0.2) is 12.4 Å². The molecular formula is C15H19N7S. The van der Waals surface area contributed by atoms with E-state index in [0.29, 0.717) is 6.54 Å². The first-order chi connectivity index (χ1) is 11.3. The highest BCUT2D eigenvalue weighted by Crippen LogP contribution is 2.27. The molecule has 7 nitrogen and oxygen atoms in total. The van der Waals surface area contributed by atoms with E-state index >= 15 is 0 Å². The van der Waals surface area contributed by atoms with Crippen molar-refractivity contribution in [2.45, 2.75) is 45.1 Å². The molecule has 0 saturated carbocycles. The molecule has 0 radical (unpaired) electrons. The van der Waals surface area contributed by atoms with Gasteiger partial charge in [0.15, 0.2) is 5.82 Å². The Labute approximate surface area is 138 Å². The Hall–Kier alpha value is -2.09. The minimum absolute atomic E-state index is 0.674. The summed E-state index contributed by atoms with van der Waals surface area (Å²) in [6.45, 7) is 0.674. The summed E-state index contributed by atoms with van der Waals surface area (Å²) in [6, 6.07) is 0. The predicted octanol–water partition coefficient (Wildman–Crippen LogP) is 1.58. The van der Waals surface area contributed by atoms with Crippen molar-refractivity contribution in [2.75, 3.05) is 0 Å². The third kappa shape index (κ3) is 3.17. The van der Waals surface area contributed by atoms with E-state index in [1.54, 1.807) is 0 Å². The van der Waals surface area contributed by atoms with Crippen molar-refractivity contribution in [1.29, 1.82) is 0 Å². The summed E-state index contributed by atoms with van der Waals surface area (Å²) in [5.74, 6) is 0.905. The lowest BCUT2D eigenvalue weighted by Gasteiger charge is -2.06. The van der Waals surface area contributed by atoms with Gasteiger partial charge < -0.3 is 0 Å². The van der Waals surface area contributed by atoms with Crippen LogP contribution in [0.1, 0.15) is 39.8 Å². The Morgan fingerprint density at radius 1 is 1.22 bits per heavy atom. The Kier molecular flexibility index (Phi) is 3.90. The predicted molar refractivity (Wildman–Crippen MR) is 86.3 cm³/mol. The van der Waals surface area contributed by atoms with Crippen LogP contribution in [0.25, 0.3) is 0 Å². The minimum atomic E-state index is 0.674. The molecule has 120 valence electrons. The molecule has 0 saturated heterocycles. The lowest BCUT2D eigenvalue weighted by molar-refractivity contribution is 0.610. The topological polar surface area (TPSA) is 74.3 Å². The van der Waals surface area contributed by atoms with E-state index < -0.39 is 0 Å². The second-order valence-electron chi connectivity index (χ2n) is 5.96. The lowest BCUT2D eigenvalue weighted by Crippen LogP contribution is -2.08. The van der Waals surface area contributed by atoms with Crippen LogP contribution in [-0.2, 0) is 39.3 Å². The normalized spacial score (nSPS) is 14.1. The lowest BCUT2D eigenvalue weighted by atomic mass is 10.0. The van der Waals surface area contributed by atoms with Gasteiger partial charge in [0.1, 0.15) is 5.01 Å². The number of rotatable bonds is 5. The molecule has 23 heavy (non-hydrogen) atoms. The molecular weight excluding hydrogens is 310 g/mol. The van der Waals surface area contributed by atoms with Gasteiger partial charge in [-0.05, 0) is 48.1 Å². The molecule has 0 spiro atoms. The number of thiazole rings is 1. The number of fused-ring (bicyclic) bond motifs is 1. The molecule has 4 rings (SSSR count). The van der Waals surface area contributed by atoms with Crippen LogP contribution >= 0.6 is 11.3 Å². The summed E-state index contributed by atoms with van der Waals surface area (Å²) in [5.41, 5.74) is 2.49. The number of nitrogens with zero attached hydrogens (tertiary/aromatic N) is 7. The highest BCUT2D eigenvalue weighted by Gasteiger charge is 2.16. The fourth-order valence-corrected chi connectivity index (χ4v) is 4.12. The van der Waals surface area contributed by atoms with Gasteiger partial charge >= 0.3 is 0 Å². The molecule has 0 bridgehead atoms. The molecule has 0 aromatic carbocycles. The van der Waals surface area contributed by atoms with E-state index in [2.05, 4.69) is 20.6 Å². The molecule has 8 heteroatoms. The molecule has 1 aliphatic rings. The van der Waals surface area contributed by atoms with E-state index in [1.165, 1.54) is 35.4 Å². The summed E-state index contributed by atoms with van der Waals surface area (Å²) in [7, 11) is 1.93. The maximum absolute atomic E-state index is 4.78. The highest BCUT2D eigenvalue weighted by atomic mass is 32.1. The monoisotopic (exact) mass is 329 g/mol. The van der Waals surface area contributed by atoms with Crippen molar-refractivity contribution in [2.24, 2.45) is 7.05 Å². The van der Waals surface area contributed by atoms with Crippen molar-refractivity contribution in [3.63, 3.8) is 0 Å². The van der Waals surface area contributed by atoms with E-state index in [9.17, 15) is 0 Å². The minimum Gasteiger partial charge on any atom is -0.276 e. The van der Waals surface area contributed by atoms with Gasteiger partial charge in [-0.15, -0.1) is 16.4 Å². The van der Waals surface area contributed by atoms with Crippen LogP contribution in [-0.4, -0.2) is 35.0 Å². The third-order valence-corrected chi connectivity index (χ3v) is 5.32. The number of aryl methyl sites for hydroxylation is 5. The molecule has 0 fully saturated rings. The number of hydrogen-bond acceptors (Lipinski definition) is 6. The smallest absolute Gasteiger partial charge is 0.152 e. The van der Waals surface area contributed by atoms with E-state index in [4.69, 9.17) is 4.98 Å². The molecule has 3 aromatic heterocycles. The van der Waals surface area contributed by atoms with E-state index in [0.717, 1.165) is 30.1 Å². The molecule has 3 heterocycles. The zero-order valence-corrected chi connectivity index (χ0v) is 14.0. The first kappa shape index (κ1) is 14.5. The van der Waals surface area contributed by atoms with Crippen LogP contribution in [0.2, 0.25) is 0 Å². The molecule has 0 unspecified atom stereocenters. The fraction of sp³-hybridized carbons (Fsp3) is 0.533. The second kappa shape index (κ2) is 6.19. The van der Waals surface area contributed by atoms with Gasteiger partial charge in [0, 0.05) is 24.5 Å². The molecule has 1 aliphatic carbocycles. The van der Waals surface area contributed by atoms with Gasteiger partial charge in [-0.2, -0.15) is 5.10 Å². The van der Waals surface area contributed by atoms with Crippen molar-refractivity contribution in [3.8, 4) is 0 Å². The number of aromatic nitrogens is 7. The van der Waals surface area contributed by atoms with Gasteiger partial charge in [0.25, 0.3) is 0 Å². The molecule has 0 atom stereocenters. The number of hydrogen-bond donors (Lipinski definition) is 0. The SMILES string of the molecule is Cn1cc(CCc2nnnn2Cc2nc3c(s2)CCCC3)cn1. The summed E-state index contributed by atoms with van der Waals surface area (Å²) >= 11 is 1.82. The van der Waals surface area contributed by atoms with E-state index in [1.807, 2.05) is 40.1 Å². The van der Waals surface area contributed by atoms with Crippen LogP contribution in [0, 0.1) is 0 Å². The van der Waals surface area contributed by atoms with Gasteiger partial charge in [0.05, 0.1) is 18.4 Å². The van der Waals surface area contributed by atoms with Crippen molar-refractivity contribution in [1.82, 2.24) is 35.0 Å².